The van der Waals surface area contributed by atoms with E-state index in [4.69, 9.17) is 0 Å². The van der Waals surface area contributed by atoms with Gasteiger partial charge in [0, 0.05) is 18.0 Å². The van der Waals surface area contributed by atoms with Gasteiger partial charge in [-0.3, -0.25) is 0 Å². The van der Waals surface area contributed by atoms with Gasteiger partial charge in [-0.05, 0) is 35.6 Å². The molecule has 1 heterocycles. The van der Waals surface area contributed by atoms with Crippen LogP contribution in [0.15, 0.2) is 54.4 Å². The molecule has 2 amide bonds. The predicted octanol–water partition coefficient (Wildman–Crippen LogP) is 4.29. The molecule has 2 rings (SSSR count). The van der Waals surface area contributed by atoms with Crippen molar-refractivity contribution in [2.75, 3.05) is 13.1 Å². The van der Waals surface area contributed by atoms with Crippen molar-refractivity contribution in [2.24, 2.45) is 0 Å². The van der Waals surface area contributed by atoms with Gasteiger partial charge in [0.1, 0.15) is 5.75 Å². The highest BCUT2D eigenvalue weighted by atomic mass is 32.1. The van der Waals surface area contributed by atoms with Crippen LogP contribution in [0.2, 0.25) is 0 Å². The third-order valence-corrected chi connectivity index (χ3v) is 4.26. The van der Waals surface area contributed by atoms with Crippen LogP contribution in [0.25, 0.3) is 0 Å². The maximum absolute atomic E-state index is 12.3. The molecule has 1 aromatic carbocycles. The van der Waals surface area contributed by atoms with Gasteiger partial charge in [0.25, 0.3) is 0 Å². The first kappa shape index (κ1) is 18.9. The molecule has 0 unspecified atom stereocenters. The summed E-state index contributed by atoms with van der Waals surface area (Å²) in [4.78, 5) is 15.1. The molecule has 0 aliphatic carbocycles. The number of carbonyl (C=O) groups excluding carboxylic acids is 1. The SMILES string of the molecule is C=CCN(Cc1cccs1)C(=O)NCCc1ccc(OC(F)F)cc1. The summed E-state index contributed by atoms with van der Waals surface area (Å²) in [5.41, 5.74) is 0.926. The average molecular weight is 366 g/mol. The number of carbonyl (C=O) groups is 1. The van der Waals surface area contributed by atoms with E-state index < -0.39 is 6.61 Å². The van der Waals surface area contributed by atoms with E-state index in [1.807, 2.05) is 17.5 Å². The standard InChI is InChI=1S/C18H20F2N2O2S/c1-2-11-22(13-16-4-3-12-25-16)18(23)21-10-9-14-5-7-15(8-6-14)24-17(19)20/h2-8,12,17H,1,9-11,13H2,(H,21,23). The van der Waals surface area contributed by atoms with Gasteiger partial charge < -0.3 is 15.0 Å². The van der Waals surface area contributed by atoms with Crippen molar-refractivity contribution in [2.45, 2.75) is 19.6 Å². The minimum Gasteiger partial charge on any atom is -0.435 e. The highest BCUT2D eigenvalue weighted by Crippen LogP contribution is 2.15. The molecule has 0 atom stereocenters. The van der Waals surface area contributed by atoms with Gasteiger partial charge >= 0.3 is 12.6 Å². The Labute approximate surface area is 149 Å². The molecule has 0 spiro atoms. The van der Waals surface area contributed by atoms with Crippen molar-refractivity contribution < 1.29 is 18.3 Å². The lowest BCUT2D eigenvalue weighted by Gasteiger charge is -2.21. The Hall–Kier alpha value is -2.41. The molecule has 7 heteroatoms. The van der Waals surface area contributed by atoms with Gasteiger partial charge in [-0.25, -0.2) is 4.79 Å². The predicted molar refractivity (Wildman–Crippen MR) is 95.1 cm³/mol. The van der Waals surface area contributed by atoms with E-state index in [1.165, 1.54) is 12.1 Å². The normalized spacial score (nSPS) is 10.5. The van der Waals surface area contributed by atoms with Crippen LogP contribution in [0.5, 0.6) is 5.75 Å². The summed E-state index contributed by atoms with van der Waals surface area (Å²) in [5, 5.41) is 4.84. The number of thiophene rings is 1. The van der Waals surface area contributed by atoms with Crippen molar-refractivity contribution >= 4 is 17.4 Å². The molecule has 1 aromatic heterocycles. The van der Waals surface area contributed by atoms with Crippen LogP contribution in [0.1, 0.15) is 10.4 Å². The van der Waals surface area contributed by atoms with E-state index in [1.54, 1.807) is 34.4 Å². The van der Waals surface area contributed by atoms with Crippen LogP contribution in [-0.2, 0) is 13.0 Å². The minimum absolute atomic E-state index is 0.121. The molecule has 4 nitrogen and oxygen atoms in total. The number of nitrogens with one attached hydrogen (secondary N) is 1. The Kier molecular flexibility index (Phi) is 7.40. The lowest BCUT2D eigenvalue weighted by Crippen LogP contribution is -2.40. The van der Waals surface area contributed by atoms with Crippen LogP contribution < -0.4 is 10.1 Å². The van der Waals surface area contributed by atoms with Crippen LogP contribution in [-0.4, -0.2) is 30.6 Å². The Morgan fingerprint density at radius 2 is 2.08 bits per heavy atom. The van der Waals surface area contributed by atoms with E-state index in [9.17, 15) is 13.6 Å². The van der Waals surface area contributed by atoms with E-state index in [0.29, 0.717) is 26.1 Å². The second kappa shape index (κ2) is 9.78. The molecular formula is C18H20F2N2O2S. The highest BCUT2D eigenvalue weighted by molar-refractivity contribution is 7.09. The zero-order valence-corrected chi connectivity index (χ0v) is 14.5. The van der Waals surface area contributed by atoms with Crippen molar-refractivity contribution in [3.63, 3.8) is 0 Å². The number of hydrogen-bond acceptors (Lipinski definition) is 3. The summed E-state index contributed by atoms with van der Waals surface area (Å²) >= 11 is 1.60. The molecule has 25 heavy (non-hydrogen) atoms. The van der Waals surface area contributed by atoms with Crippen LogP contribution in [0.4, 0.5) is 13.6 Å². The number of alkyl halides is 2. The summed E-state index contributed by atoms with van der Waals surface area (Å²) < 4.78 is 28.5. The van der Waals surface area contributed by atoms with Crippen molar-refractivity contribution in [3.05, 3.63) is 64.9 Å². The average Bonchev–Trinajstić information content (AvgIpc) is 3.08. The zero-order chi connectivity index (χ0) is 18.1. The molecule has 0 saturated heterocycles. The van der Waals surface area contributed by atoms with E-state index in [-0.39, 0.29) is 11.8 Å². The molecule has 0 saturated carbocycles. The Morgan fingerprint density at radius 1 is 1.32 bits per heavy atom. The summed E-state index contributed by atoms with van der Waals surface area (Å²) in [5.74, 6) is 0.121. The number of benzene rings is 1. The fourth-order valence-electron chi connectivity index (χ4n) is 2.23. The number of urea groups is 1. The number of rotatable bonds is 9. The quantitative estimate of drug-likeness (QED) is 0.673. The topological polar surface area (TPSA) is 41.6 Å². The van der Waals surface area contributed by atoms with Gasteiger partial charge in [-0.15, -0.1) is 17.9 Å². The van der Waals surface area contributed by atoms with Crippen molar-refractivity contribution in [3.8, 4) is 5.75 Å². The van der Waals surface area contributed by atoms with Gasteiger partial charge in [0.05, 0.1) is 6.54 Å². The lowest BCUT2D eigenvalue weighted by atomic mass is 10.1. The first-order chi connectivity index (χ1) is 12.1. The first-order valence-corrected chi connectivity index (χ1v) is 8.66. The van der Waals surface area contributed by atoms with Crippen LogP contribution in [0.3, 0.4) is 0 Å². The third-order valence-electron chi connectivity index (χ3n) is 3.40. The van der Waals surface area contributed by atoms with Gasteiger partial charge in [-0.1, -0.05) is 24.3 Å². The van der Waals surface area contributed by atoms with Crippen LogP contribution in [0, 0.1) is 0 Å². The number of hydrogen-bond donors (Lipinski definition) is 1. The van der Waals surface area contributed by atoms with Gasteiger partial charge in [0.15, 0.2) is 0 Å². The Bertz CT molecular complexity index is 660. The molecule has 0 radical (unpaired) electrons. The number of amides is 2. The molecule has 1 N–H and O–H groups in total. The molecule has 134 valence electrons. The fraction of sp³-hybridized carbons (Fsp3) is 0.278. The maximum Gasteiger partial charge on any atom is 0.387 e. The largest absolute Gasteiger partial charge is 0.435 e. The molecule has 0 aliphatic heterocycles. The van der Waals surface area contributed by atoms with Gasteiger partial charge in [0.2, 0.25) is 0 Å². The molecular weight excluding hydrogens is 346 g/mol. The fourth-order valence-corrected chi connectivity index (χ4v) is 2.95. The monoisotopic (exact) mass is 366 g/mol. The number of halogens is 2. The van der Waals surface area contributed by atoms with Crippen molar-refractivity contribution in [1.82, 2.24) is 10.2 Å². The summed E-state index contributed by atoms with van der Waals surface area (Å²) in [6.45, 7) is 2.30. The number of ether oxygens (including phenoxy) is 1. The summed E-state index contributed by atoms with van der Waals surface area (Å²) in [7, 11) is 0. The van der Waals surface area contributed by atoms with Crippen molar-refractivity contribution in [1.29, 1.82) is 0 Å². The molecule has 0 bridgehead atoms. The molecule has 0 fully saturated rings. The minimum atomic E-state index is -2.83. The maximum atomic E-state index is 12.3. The molecule has 0 aliphatic rings. The first-order valence-electron chi connectivity index (χ1n) is 7.78. The summed E-state index contributed by atoms with van der Waals surface area (Å²) in [6.07, 6.45) is 2.29. The zero-order valence-electron chi connectivity index (χ0n) is 13.7. The third kappa shape index (κ3) is 6.54. The van der Waals surface area contributed by atoms with E-state index in [0.717, 1.165) is 10.4 Å². The second-order valence-electron chi connectivity index (χ2n) is 5.25. The Morgan fingerprint density at radius 3 is 2.68 bits per heavy atom. The van der Waals surface area contributed by atoms with Gasteiger partial charge in [-0.2, -0.15) is 8.78 Å². The highest BCUT2D eigenvalue weighted by Gasteiger charge is 2.12. The lowest BCUT2D eigenvalue weighted by molar-refractivity contribution is -0.0498. The number of nitrogens with zero attached hydrogens (tertiary/aromatic N) is 1. The van der Waals surface area contributed by atoms with E-state index in [2.05, 4.69) is 16.6 Å². The second-order valence-corrected chi connectivity index (χ2v) is 6.29. The van der Waals surface area contributed by atoms with E-state index >= 15 is 0 Å². The smallest absolute Gasteiger partial charge is 0.387 e. The Balaban J connectivity index is 1.80. The summed E-state index contributed by atoms with van der Waals surface area (Å²) in [6, 6.07) is 10.2. The molecule has 2 aromatic rings. The van der Waals surface area contributed by atoms with Crippen LogP contribution >= 0.6 is 11.3 Å².